The maximum atomic E-state index is 12.1. The van der Waals surface area contributed by atoms with Crippen LogP contribution in [0, 0.1) is 17.9 Å². The molecule has 1 rings (SSSR count). The highest BCUT2D eigenvalue weighted by atomic mass is 127. The molecule has 0 radical (unpaired) electrons. The summed E-state index contributed by atoms with van der Waals surface area (Å²) < 4.78 is 39.2. The van der Waals surface area contributed by atoms with Crippen molar-refractivity contribution in [3.8, 4) is 0 Å². The van der Waals surface area contributed by atoms with Crippen molar-refractivity contribution < 1.29 is 22.5 Å². The van der Waals surface area contributed by atoms with Crippen LogP contribution in [0.5, 0.6) is 0 Å². The summed E-state index contributed by atoms with van der Waals surface area (Å²) in [6, 6.07) is 0. The Morgan fingerprint density at radius 1 is 0.950 bits per heavy atom. The molecule has 0 unspecified atom stereocenters. The summed E-state index contributed by atoms with van der Waals surface area (Å²) in [5.41, 5.74) is 0.427. The molecule has 0 bridgehead atoms. The Kier molecular flexibility index (Phi) is 8.50. The fourth-order valence-electron chi connectivity index (χ4n) is 1.10. The topological polar surface area (TPSA) is 80.7 Å². The second-order valence-electron chi connectivity index (χ2n) is 3.37. The van der Waals surface area contributed by atoms with Crippen LogP contribution in [0.3, 0.4) is 0 Å². The molecule has 0 heterocycles. The van der Waals surface area contributed by atoms with Gasteiger partial charge in [-0.05, 0) is 113 Å². The lowest BCUT2D eigenvalue weighted by molar-refractivity contribution is 0.0525. The molecule has 1 aromatic rings. The van der Waals surface area contributed by atoms with E-state index >= 15 is 0 Å². The minimum Gasteiger partial charge on any atom is -0.461 e. The number of halogens is 5. The van der Waals surface area contributed by atoms with Crippen LogP contribution >= 0.6 is 113 Å². The van der Waals surface area contributed by atoms with Gasteiger partial charge in [0.2, 0.25) is 0 Å². The molecule has 0 fully saturated rings. The minimum atomic E-state index is -4.13. The van der Waals surface area contributed by atoms with Gasteiger partial charge in [-0.15, -0.1) is 0 Å². The molecule has 1 N–H and O–H groups in total. The maximum Gasteiger partial charge on any atom is 0.340 e. The van der Waals surface area contributed by atoms with Gasteiger partial charge in [0.1, 0.15) is 12.4 Å². The van der Waals surface area contributed by atoms with Gasteiger partial charge in [0.25, 0.3) is 10.1 Å². The molecular formula is C9H5I5O5S. The molecule has 0 spiro atoms. The van der Waals surface area contributed by atoms with Crippen LogP contribution in [0.15, 0.2) is 0 Å². The van der Waals surface area contributed by atoms with E-state index in [4.69, 9.17) is 9.29 Å². The highest BCUT2D eigenvalue weighted by Gasteiger charge is 2.23. The number of benzene rings is 1. The van der Waals surface area contributed by atoms with Crippen molar-refractivity contribution in [2.75, 3.05) is 12.4 Å². The number of rotatable bonds is 4. The monoisotopic (exact) mass is 860 g/mol. The zero-order chi connectivity index (χ0) is 15.7. The van der Waals surface area contributed by atoms with Crippen molar-refractivity contribution in [3.05, 3.63) is 23.4 Å². The summed E-state index contributed by atoms with van der Waals surface area (Å²) >= 11 is 10.7. The van der Waals surface area contributed by atoms with Crippen molar-refractivity contribution in [2.24, 2.45) is 0 Å². The smallest absolute Gasteiger partial charge is 0.340 e. The molecule has 0 saturated heterocycles. The Labute approximate surface area is 184 Å². The second kappa shape index (κ2) is 8.38. The van der Waals surface area contributed by atoms with Crippen LogP contribution in [0.2, 0.25) is 0 Å². The third-order valence-electron chi connectivity index (χ3n) is 1.99. The highest BCUT2D eigenvalue weighted by molar-refractivity contribution is 14.1. The Morgan fingerprint density at radius 3 is 1.75 bits per heavy atom. The number of ether oxygens (including phenoxy) is 1. The Bertz CT molecular complexity index is 628. The summed E-state index contributed by atoms with van der Waals surface area (Å²) in [5.74, 6) is -1.19. The molecule has 0 saturated carbocycles. The molecule has 0 aromatic heterocycles. The van der Waals surface area contributed by atoms with Crippen molar-refractivity contribution in [3.63, 3.8) is 0 Å². The first-order valence-electron chi connectivity index (χ1n) is 4.70. The fourth-order valence-corrected chi connectivity index (χ4v) is 6.59. The molecule has 0 aliphatic rings. The van der Waals surface area contributed by atoms with Crippen LogP contribution in [0.1, 0.15) is 10.4 Å². The molecule has 0 aliphatic carbocycles. The van der Waals surface area contributed by atoms with Gasteiger partial charge in [0.15, 0.2) is 0 Å². The molecule has 0 atom stereocenters. The molecule has 5 nitrogen and oxygen atoms in total. The van der Waals surface area contributed by atoms with Crippen molar-refractivity contribution >= 4 is 129 Å². The van der Waals surface area contributed by atoms with Crippen molar-refractivity contribution in [1.82, 2.24) is 0 Å². The quantitative estimate of drug-likeness (QED) is 0.164. The first-order chi connectivity index (χ1) is 9.06. The van der Waals surface area contributed by atoms with E-state index in [-0.39, 0.29) is 6.61 Å². The predicted molar refractivity (Wildman–Crippen MR) is 117 cm³/mol. The zero-order valence-electron chi connectivity index (χ0n) is 9.29. The van der Waals surface area contributed by atoms with Gasteiger partial charge in [0.05, 0.1) is 5.56 Å². The Morgan fingerprint density at radius 2 is 1.35 bits per heavy atom. The third kappa shape index (κ3) is 5.41. The molecule has 0 amide bonds. The second-order valence-corrected chi connectivity index (χ2v) is 10.3. The third-order valence-corrected chi connectivity index (χ3v) is 12.2. The predicted octanol–water partition coefficient (Wildman–Crippen LogP) is 3.75. The molecule has 11 heteroatoms. The van der Waals surface area contributed by atoms with Crippen LogP contribution in [0.25, 0.3) is 0 Å². The first kappa shape index (κ1) is 20.3. The number of carbonyl (C=O) groups is 1. The highest BCUT2D eigenvalue weighted by Crippen LogP contribution is 2.33. The summed E-state index contributed by atoms with van der Waals surface area (Å²) in [5, 5.41) is 0. The molecule has 112 valence electrons. The van der Waals surface area contributed by atoms with Gasteiger partial charge in [-0.2, -0.15) is 8.42 Å². The van der Waals surface area contributed by atoms with E-state index in [0.29, 0.717) is 5.56 Å². The summed E-state index contributed by atoms with van der Waals surface area (Å²) in [6.45, 7) is -0.372. The van der Waals surface area contributed by atoms with E-state index in [1.165, 1.54) is 0 Å². The zero-order valence-corrected chi connectivity index (χ0v) is 20.9. The van der Waals surface area contributed by atoms with E-state index in [2.05, 4.69) is 113 Å². The normalized spacial score (nSPS) is 11.5. The molecular weight excluding hydrogens is 855 g/mol. The van der Waals surface area contributed by atoms with E-state index < -0.39 is 21.8 Å². The lowest BCUT2D eigenvalue weighted by atomic mass is 10.2. The lowest BCUT2D eigenvalue weighted by Crippen LogP contribution is -2.17. The molecule has 20 heavy (non-hydrogen) atoms. The molecule has 0 aliphatic heterocycles. The first-order valence-corrected chi connectivity index (χ1v) is 11.7. The number of hydrogen-bond acceptors (Lipinski definition) is 4. The van der Waals surface area contributed by atoms with Crippen LogP contribution < -0.4 is 0 Å². The largest absolute Gasteiger partial charge is 0.461 e. The fraction of sp³-hybridized carbons (Fsp3) is 0.222. The summed E-state index contributed by atoms with van der Waals surface area (Å²) in [6.07, 6.45) is 0. The van der Waals surface area contributed by atoms with Gasteiger partial charge in [-0.1, -0.05) is 0 Å². The molecule has 1 aromatic carbocycles. The SMILES string of the molecule is O=C(OCCS(=O)(=O)O)c1c(I)c(I)c(I)c(I)c1I. The van der Waals surface area contributed by atoms with Gasteiger partial charge < -0.3 is 4.74 Å². The van der Waals surface area contributed by atoms with Gasteiger partial charge >= 0.3 is 5.97 Å². The van der Waals surface area contributed by atoms with Crippen molar-refractivity contribution in [1.29, 1.82) is 0 Å². The standard InChI is InChI=1S/C9H5I5O5S/c10-4-3(5(11)7(13)8(14)6(4)12)9(15)19-1-2-20(16,17)18/h1-2H2,(H,16,17,18). The van der Waals surface area contributed by atoms with Crippen LogP contribution in [-0.4, -0.2) is 31.3 Å². The average molecular weight is 860 g/mol. The number of esters is 1. The van der Waals surface area contributed by atoms with Crippen LogP contribution in [0.4, 0.5) is 0 Å². The van der Waals surface area contributed by atoms with Crippen LogP contribution in [-0.2, 0) is 14.9 Å². The van der Waals surface area contributed by atoms with Crippen molar-refractivity contribution in [2.45, 2.75) is 0 Å². The summed E-state index contributed by atoms with van der Waals surface area (Å²) in [7, 11) is -4.13. The van der Waals surface area contributed by atoms with E-state index in [1.807, 2.05) is 0 Å². The number of hydrogen-bond donors (Lipinski definition) is 1. The lowest BCUT2D eigenvalue weighted by Gasteiger charge is -2.13. The van der Waals surface area contributed by atoms with Gasteiger partial charge in [0, 0.05) is 17.9 Å². The Balaban J connectivity index is 3.06. The number of carbonyl (C=O) groups excluding carboxylic acids is 1. The van der Waals surface area contributed by atoms with Gasteiger partial charge in [-0.3, -0.25) is 4.55 Å². The Hall–Kier alpha value is 2.25. The average Bonchev–Trinajstić information content (AvgIpc) is 2.32. The maximum absolute atomic E-state index is 12.1. The summed E-state index contributed by atoms with van der Waals surface area (Å²) in [4.78, 5) is 12.1. The van der Waals surface area contributed by atoms with Gasteiger partial charge in [-0.25, -0.2) is 4.79 Å². The van der Waals surface area contributed by atoms with E-state index in [9.17, 15) is 13.2 Å². The van der Waals surface area contributed by atoms with E-state index in [1.54, 1.807) is 0 Å². The minimum absolute atomic E-state index is 0.372. The van der Waals surface area contributed by atoms with E-state index in [0.717, 1.165) is 17.9 Å².